The molecule has 142 valence electrons. The third-order valence-corrected chi connectivity index (χ3v) is 5.71. The van der Waals surface area contributed by atoms with Crippen molar-refractivity contribution in [2.45, 2.75) is 50.4 Å². The van der Waals surface area contributed by atoms with Gasteiger partial charge in [-0.25, -0.2) is 9.97 Å². The second kappa shape index (κ2) is 7.62. The number of hydrogen-bond donors (Lipinski definition) is 3. The molecule has 1 aliphatic rings. The molecule has 3 aromatic rings. The molecule has 1 saturated carbocycles. The van der Waals surface area contributed by atoms with E-state index in [0.717, 1.165) is 37.5 Å². The minimum Gasteiger partial charge on any atom is -0.390 e. The Balaban J connectivity index is 1.39. The maximum atomic E-state index is 10.6. The molecule has 0 radical (unpaired) electrons. The van der Waals surface area contributed by atoms with Crippen LogP contribution in [0.25, 0.3) is 11.0 Å². The standard InChI is InChI=1S/C20H25N5O2/c21-19-15-7-10-25(20(15)24-12-23-19)16-11-14(17(26)18(16)27)4-2-1-3-13-5-8-22-9-6-13/h5-10,12,14,16-18,26-27H,1-4,11H2,(H2,21,23,24)/t14-,16+,17+,18-/m0/s1. The lowest BCUT2D eigenvalue weighted by atomic mass is 9.96. The fourth-order valence-corrected chi connectivity index (χ4v) is 4.21. The number of aliphatic hydroxyl groups is 2. The first kappa shape index (κ1) is 17.9. The van der Waals surface area contributed by atoms with Crippen LogP contribution in [-0.4, -0.2) is 41.9 Å². The lowest BCUT2D eigenvalue weighted by Gasteiger charge is -2.19. The first-order chi connectivity index (χ1) is 13.1. The molecule has 27 heavy (non-hydrogen) atoms. The Kier molecular flexibility index (Phi) is 5.05. The quantitative estimate of drug-likeness (QED) is 0.576. The van der Waals surface area contributed by atoms with Crippen LogP contribution in [0.3, 0.4) is 0 Å². The van der Waals surface area contributed by atoms with Crippen LogP contribution in [0.2, 0.25) is 0 Å². The van der Waals surface area contributed by atoms with Crippen LogP contribution in [0.15, 0.2) is 43.1 Å². The van der Waals surface area contributed by atoms with Crippen LogP contribution < -0.4 is 5.73 Å². The molecule has 1 fully saturated rings. The van der Waals surface area contributed by atoms with E-state index < -0.39 is 12.2 Å². The van der Waals surface area contributed by atoms with E-state index in [2.05, 4.69) is 15.0 Å². The molecule has 4 N–H and O–H groups in total. The molecule has 7 heteroatoms. The molecule has 0 aliphatic heterocycles. The minimum absolute atomic E-state index is 0.0825. The maximum absolute atomic E-state index is 10.6. The van der Waals surface area contributed by atoms with Crippen molar-refractivity contribution in [1.82, 2.24) is 19.5 Å². The van der Waals surface area contributed by atoms with Crippen molar-refractivity contribution in [1.29, 1.82) is 0 Å². The van der Waals surface area contributed by atoms with Crippen LogP contribution in [0.1, 0.15) is 37.3 Å². The number of nitrogen functional groups attached to an aromatic ring is 1. The first-order valence-electron chi connectivity index (χ1n) is 9.47. The lowest BCUT2D eigenvalue weighted by Crippen LogP contribution is -2.29. The summed E-state index contributed by atoms with van der Waals surface area (Å²) in [7, 11) is 0. The van der Waals surface area contributed by atoms with Gasteiger partial charge in [0.05, 0.1) is 17.5 Å². The molecule has 0 saturated heterocycles. The number of pyridine rings is 1. The smallest absolute Gasteiger partial charge is 0.145 e. The van der Waals surface area contributed by atoms with Crippen LogP contribution in [0.5, 0.6) is 0 Å². The van der Waals surface area contributed by atoms with Gasteiger partial charge in [-0.3, -0.25) is 4.98 Å². The lowest BCUT2D eigenvalue weighted by molar-refractivity contribution is 0.00502. The van der Waals surface area contributed by atoms with Gasteiger partial charge in [-0.1, -0.05) is 6.42 Å². The Hall–Kier alpha value is -2.51. The number of rotatable bonds is 6. The Morgan fingerprint density at radius 3 is 2.70 bits per heavy atom. The molecular weight excluding hydrogens is 342 g/mol. The molecule has 0 amide bonds. The number of hydrogen-bond acceptors (Lipinski definition) is 6. The summed E-state index contributed by atoms with van der Waals surface area (Å²) in [4.78, 5) is 12.4. The van der Waals surface area contributed by atoms with Gasteiger partial charge in [0.1, 0.15) is 23.9 Å². The average Bonchev–Trinajstić information content (AvgIpc) is 3.23. The van der Waals surface area contributed by atoms with Crippen LogP contribution in [0, 0.1) is 5.92 Å². The Labute approximate surface area is 157 Å². The van der Waals surface area contributed by atoms with Crippen LogP contribution >= 0.6 is 0 Å². The van der Waals surface area contributed by atoms with E-state index in [0.29, 0.717) is 11.5 Å². The Bertz CT molecular complexity index is 898. The van der Waals surface area contributed by atoms with Gasteiger partial charge in [-0.2, -0.15) is 0 Å². The number of aliphatic hydroxyl groups excluding tert-OH is 2. The van der Waals surface area contributed by atoms with E-state index in [-0.39, 0.29) is 12.0 Å². The van der Waals surface area contributed by atoms with Crippen molar-refractivity contribution in [2.75, 3.05) is 5.73 Å². The zero-order valence-electron chi connectivity index (χ0n) is 15.1. The highest BCUT2D eigenvalue weighted by atomic mass is 16.3. The van der Waals surface area contributed by atoms with Crippen molar-refractivity contribution < 1.29 is 10.2 Å². The number of aryl methyl sites for hydroxylation is 1. The molecular formula is C20H25N5O2. The zero-order chi connectivity index (χ0) is 18.8. The van der Waals surface area contributed by atoms with Gasteiger partial charge in [-0.05, 0) is 55.4 Å². The van der Waals surface area contributed by atoms with E-state index >= 15 is 0 Å². The fraction of sp³-hybridized carbons (Fsp3) is 0.450. The summed E-state index contributed by atoms with van der Waals surface area (Å²) in [6.45, 7) is 0. The van der Waals surface area contributed by atoms with Crippen molar-refractivity contribution >= 4 is 16.9 Å². The van der Waals surface area contributed by atoms with Crippen LogP contribution in [-0.2, 0) is 6.42 Å². The van der Waals surface area contributed by atoms with Gasteiger partial charge in [0.2, 0.25) is 0 Å². The van der Waals surface area contributed by atoms with Gasteiger partial charge < -0.3 is 20.5 Å². The highest BCUT2D eigenvalue weighted by Gasteiger charge is 2.42. The molecule has 0 spiro atoms. The molecule has 0 unspecified atom stereocenters. The van der Waals surface area contributed by atoms with Gasteiger partial charge in [0.25, 0.3) is 0 Å². The second-order valence-corrected chi connectivity index (χ2v) is 7.36. The molecule has 7 nitrogen and oxygen atoms in total. The second-order valence-electron chi connectivity index (χ2n) is 7.36. The summed E-state index contributed by atoms with van der Waals surface area (Å²) in [6.07, 6.45) is 10.1. The zero-order valence-corrected chi connectivity index (χ0v) is 15.1. The van der Waals surface area contributed by atoms with Gasteiger partial charge in [0.15, 0.2) is 0 Å². The number of nitrogens with zero attached hydrogens (tertiary/aromatic N) is 4. The first-order valence-corrected chi connectivity index (χ1v) is 9.47. The molecule has 1 aliphatic carbocycles. The molecule has 0 aromatic carbocycles. The normalized spacial score (nSPS) is 25.3. The van der Waals surface area contributed by atoms with Gasteiger partial charge in [-0.15, -0.1) is 0 Å². The van der Waals surface area contributed by atoms with Crippen molar-refractivity contribution in [3.8, 4) is 0 Å². The molecule has 4 atom stereocenters. The number of aromatic nitrogens is 4. The summed E-state index contributed by atoms with van der Waals surface area (Å²) < 4.78 is 1.93. The summed E-state index contributed by atoms with van der Waals surface area (Å²) in [5.41, 5.74) is 7.90. The fourth-order valence-electron chi connectivity index (χ4n) is 4.21. The van der Waals surface area contributed by atoms with Crippen LogP contribution in [0.4, 0.5) is 5.82 Å². The molecule has 3 heterocycles. The summed E-state index contributed by atoms with van der Waals surface area (Å²) in [5.74, 6) is 0.513. The van der Waals surface area contributed by atoms with E-state index in [1.807, 2.05) is 41.4 Å². The summed E-state index contributed by atoms with van der Waals surface area (Å²) in [5, 5.41) is 21.9. The highest BCUT2D eigenvalue weighted by Crippen LogP contribution is 2.39. The predicted octanol–water partition coefficient (Wildman–Crippen LogP) is 2.10. The van der Waals surface area contributed by atoms with E-state index in [1.165, 1.54) is 11.9 Å². The molecule has 0 bridgehead atoms. The van der Waals surface area contributed by atoms with Gasteiger partial charge in [0, 0.05) is 18.6 Å². The largest absolute Gasteiger partial charge is 0.390 e. The minimum atomic E-state index is -0.804. The number of fused-ring (bicyclic) bond motifs is 1. The molecule has 3 aromatic heterocycles. The highest BCUT2D eigenvalue weighted by molar-refractivity contribution is 5.86. The number of unbranched alkanes of at least 4 members (excludes halogenated alkanes) is 1. The number of nitrogens with two attached hydrogens (primary N) is 1. The average molecular weight is 367 g/mol. The van der Waals surface area contributed by atoms with Crippen molar-refractivity contribution in [3.63, 3.8) is 0 Å². The van der Waals surface area contributed by atoms with Crippen molar-refractivity contribution in [2.24, 2.45) is 5.92 Å². The third kappa shape index (κ3) is 3.52. The number of anilines is 1. The Morgan fingerprint density at radius 2 is 1.89 bits per heavy atom. The predicted molar refractivity (Wildman–Crippen MR) is 103 cm³/mol. The van der Waals surface area contributed by atoms with Gasteiger partial charge >= 0.3 is 0 Å². The topological polar surface area (TPSA) is 110 Å². The summed E-state index contributed by atoms with van der Waals surface area (Å²) >= 11 is 0. The Morgan fingerprint density at radius 1 is 1.07 bits per heavy atom. The van der Waals surface area contributed by atoms with E-state index in [4.69, 9.17) is 5.73 Å². The molecule has 4 rings (SSSR count). The monoisotopic (exact) mass is 367 g/mol. The van der Waals surface area contributed by atoms with E-state index in [1.54, 1.807) is 0 Å². The summed E-state index contributed by atoms with van der Waals surface area (Å²) in [6, 6.07) is 5.74. The SMILES string of the molecule is Nc1ncnc2c1ccn2[C@@H]1C[C@H](CCCCc2ccncc2)[C@@H](O)[C@H]1O. The van der Waals surface area contributed by atoms with Crippen molar-refractivity contribution in [3.05, 3.63) is 48.7 Å². The van der Waals surface area contributed by atoms with E-state index in [9.17, 15) is 10.2 Å². The maximum Gasteiger partial charge on any atom is 0.145 e. The third-order valence-electron chi connectivity index (χ3n) is 5.71.